The molecule has 19 heteroatoms. The van der Waals surface area contributed by atoms with Crippen molar-refractivity contribution in [2.24, 2.45) is 0 Å². The Labute approximate surface area is 469 Å². The Morgan fingerprint density at radius 3 is 1.81 bits per heavy atom. The summed E-state index contributed by atoms with van der Waals surface area (Å²) < 4.78 is 34.3. The van der Waals surface area contributed by atoms with Crippen molar-refractivity contribution in [1.29, 1.82) is 0 Å². The van der Waals surface area contributed by atoms with Gasteiger partial charge in [0.05, 0.1) is 13.7 Å². The number of alkyl carbamates (subject to hydrolysis) is 1. The molecule has 3 aromatic carbocycles. The molecule has 0 radical (unpaired) electrons. The maximum absolute atomic E-state index is 14.5. The molecule has 17 nitrogen and oxygen atoms in total. The summed E-state index contributed by atoms with van der Waals surface area (Å²) in [5.41, 5.74) is 4.27. The molecule has 5 N–H and O–H groups in total. The highest BCUT2D eigenvalue weighted by atomic mass is 28.4. The summed E-state index contributed by atoms with van der Waals surface area (Å²) in [6.07, 6.45) is 3.40. The molecular formula is C60H89N5O12Si2. The number of methoxy groups -OCH3 is 1. The zero-order valence-corrected chi connectivity index (χ0v) is 50.6. The third-order valence-electron chi connectivity index (χ3n) is 16.5. The lowest BCUT2D eigenvalue weighted by atomic mass is 9.98. The number of aliphatic carboxylic acids is 1. The predicted octanol–water partition coefficient (Wildman–Crippen LogP) is 9.70. The molecule has 79 heavy (non-hydrogen) atoms. The number of aliphatic hydroxyl groups is 1. The van der Waals surface area contributed by atoms with Crippen molar-refractivity contribution in [2.45, 2.75) is 191 Å². The number of unbranched alkanes of at least 4 members (excludes halogenated alkanes) is 7. The molecule has 434 valence electrons. The van der Waals surface area contributed by atoms with Gasteiger partial charge in [-0.05, 0) is 102 Å². The van der Waals surface area contributed by atoms with Gasteiger partial charge in [0.2, 0.25) is 5.91 Å². The van der Waals surface area contributed by atoms with Crippen molar-refractivity contribution in [3.8, 4) is 16.9 Å². The highest BCUT2D eigenvalue weighted by Crippen LogP contribution is 2.47. The van der Waals surface area contributed by atoms with E-state index in [1.54, 1.807) is 31.4 Å². The van der Waals surface area contributed by atoms with Crippen LogP contribution in [0.3, 0.4) is 0 Å². The zero-order chi connectivity index (χ0) is 57.7. The second-order valence-corrected chi connectivity index (χ2v) is 33.8. The molecule has 2 aliphatic rings. The number of carboxylic acids is 1. The lowest BCUT2D eigenvalue weighted by Gasteiger charge is -2.44. The van der Waals surface area contributed by atoms with Gasteiger partial charge in [-0.1, -0.05) is 141 Å². The minimum absolute atomic E-state index is 0.0347. The predicted molar refractivity (Wildman–Crippen MR) is 313 cm³/mol. The zero-order valence-electron chi connectivity index (χ0n) is 48.6. The van der Waals surface area contributed by atoms with Gasteiger partial charge >= 0.3 is 17.8 Å². The first-order valence-corrected chi connectivity index (χ1v) is 34.1. The summed E-state index contributed by atoms with van der Waals surface area (Å²) in [6.45, 7) is 22.0. The molecule has 1 aromatic heterocycles. The molecule has 0 saturated carbocycles. The number of carboxylic acid groups (broad SMARTS) is 1. The second kappa shape index (κ2) is 27.8. The average molecular weight is 1130 g/mol. The maximum Gasteiger partial charge on any atom is 0.407 e. The van der Waals surface area contributed by atoms with Gasteiger partial charge < -0.3 is 49.2 Å². The number of nitrogens with one attached hydrogen (secondary N) is 3. The largest absolute Gasteiger partial charge is 0.497 e. The van der Waals surface area contributed by atoms with Gasteiger partial charge in [0.1, 0.15) is 42.8 Å². The monoisotopic (exact) mass is 1130 g/mol. The van der Waals surface area contributed by atoms with E-state index in [-0.39, 0.29) is 41.1 Å². The molecule has 0 bridgehead atoms. The molecule has 1 fully saturated rings. The highest BCUT2D eigenvalue weighted by Gasteiger charge is 2.57. The molecule has 2 heterocycles. The van der Waals surface area contributed by atoms with E-state index in [9.17, 15) is 34.2 Å². The van der Waals surface area contributed by atoms with Crippen LogP contribution in [0.4, 0.5) is 4.79 Å². The maximum atomic E-state index is 14.5. The second-order valence-electron chi connectivity index (χ2n) is 24.2. The summed E-state index contributed by atoms with van der Waals surface area (Å²) in [6, 6.07) is 23.4. The van der Waals surface area contributed by atoms with Crippen molar-refractivity contribution in [3.63, 3.8) is 0 Å². The fourth-order valence-electron chi connectivity index (χ4n) is 9.76. The third kappa shape index (κ3) is 16.4. The third-order valence-corrected chi connectivity index (χ3v) is 25.4. The van der Waals surface area contributed by atoms with Crippen molar-refractivity contribution in [1.82, 2.24) is 25.1 Å². The summed E-state index contributed by atoms with van der Waals surface area (Å²) in [7, 11) is -3.89. The van der Waals surface area contributed by atoms with E-state index in [4.69, 9.17) is 23.1 Å². The van der Waals surface area contributed by atoms with E-state index in [1.165, 1.54) is 39.1 Å². The van der Waals surface area contributed by atoms with Crippen LogP contribution in [0.2, 0.25) is 36.3 Å². The summed E-state index contributed by atoms with van der Waals surface area (Å²) in [4.78, 5) is 66.2. The Hall–Kier alpha value is -5.42. The van der Waals surface area contributed by atoms with Gasteiger partial charge in [0.25, 0.3) is 5.56 Å². The van der Waals surface area contributed by atoms with Crippen LogP contribution in [-0.2, 0) is 34.5 Å². The van der Waals surface area contributed by atoms with Crippen LogP contribution >= 0.6 is 0 Å². The molecule has 4 aromatic rings. The van der Waals surface area contributed by atoms with Gasteiger partial charge in [-0.25, -0.2) is 9.59 Å². The van der Waals surface area contributed by atoms with Crippen LogP contribution < -0.4 is 31.9 Å². The topological polar surface area (TPSA) is 218 Å². The lowest BCUT2D eigenvalue weighted by molar-refractivity contribution is -0.149. The van der Waals surface area contributed by atoms with Crippen molar-refractivity contribution >= 4 is 34.6 Å². The van der Waals surface area contributed by atoms with E-state index in [1.807, 2.05) is 24.3 Å². The Kier molecular flexibility index (Phi) is 22.1. The number of hydrogen-bond donors (Lipinski definition) is 5. The van der Waals surface area contributed by atoms with Crippen LogP contribution in [0, 0.1) is 0 Å². The first kappa shape index (κ1) is 62.8. The van der Waals surface area contributed by atoms with Crippen molar-refractivity contribution in [3.05, 3.63) is 123 Å². The van der Waals surface area contributed by atoms with Crippen LogP contribution in [0.1, 0.15) is 135 Å². The average Bonchev–Trinajstić information content (AvgIpc) is 3.92. The van der Waals surface area contributed by atoms with E-state index < -0.39 is 70.5 Å². The van der Waals surface area contributed by atoms with E-state index in [2.05, 4.69) is 108 Å². The molecule has 6 rings (SSSR count). The molecule has 2 amide bonds. The van der Waals surface area contributed by atoms with Crippen LogP contribution in [-0.4, -0.2) is 118 Å². The minimum Gasteiger partial charge on any atom is -0.497 e. The number of aliphatic hydroxyl groups excluding tert-OH is 1. The van der Waals surface area contributed by atoms with Gasteiger partial charge in [0, 0.05) is 37.7 Å². The van der Waals surface area contributed by atoms with Crippen LogP contribution in [0.25, 0.3) is 11.1 Å². The number of aromatic nitrogens is 2. The number of benzene rings is 3. The Bertz CT molecular complexity index is 2720. The normalized spacial score (nSPS) is 18.4. The first-order valence-electron chi connectivity index (χ1n) is 28.3. The molecule has 1 aliphatic heterocycles. The van der Waals surface area contributed by atoms with Gasteiger partial charge in [-0.15, -0.1) is 0 Å². The molecule has 1 aliphatic carbocycles. The number of amides is 2. The van der Waals surface area contributed by atoms with Crippen LogP contribution in [0.15, 0.2) is 94.6 Å². The fraction of sp³-hybridized carbons (Fsp3) is 0.583. The number of carbonyl (C=O) groups is 3. The Morgan fingerprint density at radius 2 is 1.24 bits per heavy atom. The number of ether oxygens (including phenoxy) is 3. The molecular weight excluding hydrogens is 1040 g/mol. The molecule has 1 unspecified atom stereocenters. The number of carbonyl (C=O) groups excluding carboxylic acids is 2. The van der Waals surface area contributed by atoms with E-state index in [0.29, 0.717) is 43.9 Å². The Balaban J connectivity index is 0.958. The first-order chi connectivity index (χ1) is 37.3. The summed E-state index contributed by atoms with van der Waals surface area (Å²) in [5, 5.41) is 31.1. The van der Waals surface area contributed by atoms with E-state index in [0.717, 1.165) is 55.9 Å². The highest BCUT2D eigenvalue weighted by molar-refractivity contribution is 6.74. The summed E-state index contributed by atoms with van der Waals surface area (Å²) in [5.74, 6) is -0.731. The van der Waals surface area contributed by atoms with E-state index >= 15 is 0 Å². The van der Waals surface area contributed by atoms with Gasteiger partial charge in [-0.3, -0.25) is 23.5 Å². The number of fused-ring (bicyclic) bond motifs is 3. The number of rotatable bonds is 29. The standard InChI is InChI=1S/C60H89N5O12Si2/c1-59(2,3)78(8,9)76-53-52(75-55(54(53)77-79(10,11)60(4,5)6)64-38-34-49(67)65(58(64)72)39-41-30-32-42(73-7)33-31-41)51(68)50(56(69)70)62-37-24-36-61-48(66)29-18-16-14-12-13-15-17-23-35-63-57(71)74-40-47-45-27-21-19-25-43(45)44-26-20-22-28-46(44)47/h19-22,25-28,30-34,38,47,50-55,62,68H,12-18,23-24,29,35-37,39-40H2,1-11H3,(H,61,66)(H,63,71)(H,69,70)/t50-,51+,52?,53+,54+,55+/m0/s1. The van der Waals surface area contributed by atoms with Crippen molar-refractivity contribution in [2.75, 3.05) is 33.4 Å². The number of hydrogen-bond acceptors (Lipinski definition) is 12. The fourth-order valence-corrected chi connectivity index (χ4v) is 12.3. The van der Waals surface area contributed by atoms with Gasteiger partial charge in [0.15, 0.2) is 22.9 Å². The van der Waals surface area contributed by atoms with Gasteiger partial charge in [-0.2, -0.15) is 0 Å². The summed E-state index contributed by atoms with van der Waals surface area (Å²) >= 11 is 0. The molecule has 0 spiro atoms. The minimum atomic E-state index is -2.73. The van der Waals surface area contributed by atoms with Crippen LogP contribution in [0.5, 0.6) is 5.75 Å². The lowest BCUT2D eigenvalue weighted by Crippen LogP contribution is -2.59. The molecule has 6 atom stereocenters. The van der Waals surface area contributed by atoms with Crippen molar-refractivity contribution < 1.29 is 47.7 Å². The SMILES string of the molecule is COc1ccc(Cn2c(=O)ccn([C@@H]3OC([C@H](O)[C@H](NCCCNC(=O)CCCCCCCCCCNC(=O)OCC4c5ccccc5-c5ccccc54)C(=O)O)[C@@H](O[Si](C)(C)C(C)(C)C)[C@H]3O[Si](C)(C)C(C)(C)C)c2=O)cc1. The molecule has 1 saturated heterocycles. The smallest absolute Gasteiger partial charge is 0.407 e. The Morgan fingerprint density at radius 1 is 0.696 bits per heavy atom. The number of nitrogens with zero attached hydrogens (tertiary/aromatic N) is 2. The quantitative estimate of drug-likeness (QED) is 0.0253.